The van der Waals surface area contributed by atoms with Crippen molar-refractivity contribution in [2.75, 3.05) is 5.43 Å². The molecule has 0 bridgehead atoms. The van der Waals surface area contributed by atoms with E-state index in [4.69, 9.17) is 0 Å². The first-order valence-corrected chi connectivity index (χ1v) is 7.25. The molecule has 0 amide bonds. The molecule has 1 aromatic heterocycles. The van der Waals surface area contributed by atoms with Gasteiger partial charge in [0.15, 0.2) is 0 Å². The molecule has 2 aromatic carbocycles. The molecule has 0 atom stereocenters. The van der Waals surface area contributed by atoms with Crippen LogP contribution >= 0.6 is 0 Å². The quantitative estimate of drug-likeness (QED) is 0.574. The molecule has 0 aliphatic carbocycles. The molecule has 114 valence electrons. The van der Waals surface area contributed by atoms with Gasteiger partial charge in [-0.1, -0.05) is 60.7 Å². The fourth-order valence-corrected chi connectivity index (χ4v) is 2.15. The Labute approximate surface area is 133 Å². The van der Waals surface area contributed by atoms with Gasteiger partial charge in [-0.05, 0) is 12.5 Å². The van der Waals surface area contributed by atoms with Gasteiger partial charge in [-0.3, -0.25) is 9.78 Å². The maximum Gasteiger partial charge on any atom is 0.252 e. The van der Waals surface area contributed by atoms with E-state index < -0.39 is 0 Å². The predicted molar refractivity (Wildman–Crippen MR) is 92.6 cm³/mol. The number of H-pyrrole nitrogens is 1. The van der Waals surface area contributed by atoms with Gasteiger partial charge in [0.05, 0.1) is 11.4 Å². The second-order valence-corrected chi connectivity index (χ2v) is 5.02. The van der Waals surface area contributed by atoms with Crippen molar-refractivity contribution in [2.45, 2.75) is 6.92 Å². The Balaban J connectivity index is 1.87. The third-order valence-electron chi connectivity index (χ3n) is 3.33. The number of aromatic nitrogens is 2. The fraction of sp³-hybridized carbons (Fsp3) is 0.0556. The van der Waals surface area contributed by atoms with Crippen LogP contribution in [0.5, 0.6) is 0 Å². The highest BCUT2D eigenvalue weighted by molar-refractivity contribution is 5.98. The van der Waals surface area contributed by atoms with Gasteiger partial charge >= 0.3 is 0 Å². The number of benzene rings is 2. The highest BCUT2D eigenvalue weighted by atomic mass is 16.1. The van der Waals surface area contributed by atoms with E-state index in [1.807, 2.05) is 67.6 Å². The number of aromatic amines is 1. The second-order valence-electron chi connectivity index (χ2n) is 5.02. The van der Waals surface area contributed by atoms with E-state index in [-0.39, 0.29) is 5.56 Å². The van der Waals surface area contributed by atoms with Crippen LogP contribution in [-0.2, 0) is 0 Å². The molecule has 5 nitrogen and oxygen atoms in total. The van der Waals surface area contributed by atoms with Crippen LogP contribution in [0.3, 0.4) is 0 Å². The topological polar surface area (TPSA) is 70.1 Å². The van der Waals surface area contributed by atoms with Gasteiger partial charge in [0.2, 0.25) is 5.95 Å². The van der Waals surface area contributed by atoms with E-state index in [1.165, 1.54) is 6.07 Å². The highest BCUT2D eigenvalue weighted by Crippen LogP contribution is 2.15. The van der Waals surface area contributed by atoms with Crippen LogP contribution in [0.25, 0.3) is 11.3 Å². The Morgan fingerprint density at radius 3 is 2.39 bits per heavy atom. The van der Waals surface area contributed by atoms with Gasteiger partial charge in [0.25, 0.3) is 5.56 Å². The van der Waals surface area contributed by atoms with Gasteiger partial charge in [-0.25, -0.2) is 10.4 Å². The summed E-state index contributed by atoms with van der Waals surface area (Å²) >= 11 is 0. The number of hydrogen-bond acceptors (Lipinski definition) is 4. The zero-order valence-corrected chi connectivity index (χ0v) is 12.7. The molecule has 0 aliphatic heterocycles. The van der Waals surface area contributed by atoms with Crippen LogP contribution in [0.4, 0.5) is 5.95 Å². The number of hydrazone groups is 1. The zero-order valence-electron chi connectivity index (χ0n) is 12.7. The average molecular weight is 304 g/mol. The van der Waals surface area contributed by atoms with Gasteiger partial charge in [-0.15, -0.1) is 0 Å². The van der Waals surface area contributed by atoms with Gasteiger partial charge in [-0.2, -0.15) is 5.10 Å². The average Bonchev–Trinajstić information content (AvgIpc) is 2.61. The van der Waals surface area contributed by atoms with Crippen molar-refractivity contribution in [3.8, 4) is 11.3 Å². The molecule has 5 heteroatoms. The minimum atomic E-state index is -0.228. The van der Waals surface area contributed by atoms with Crippen molar-refractivity contribution < 1.29 is 0 Å². The van der Waals surface area contributed by atoms with Crippen LogP contribution in [0, 0.1) is 0 Å². The van der Waals surface area contributed by atoms with Crippen LogP contribution < -0.4 is 11.0 Å². The molecule has 0 unspecified atom stereocenters. The lowest BCUT2D eigenvalue weighted by atomic mass is 10.1. The number of anilines is 1. The minimum Gasteiger partial charge on any atom is -0.291 e. The Hall–Kier alpha value is -3.21. The first-order valence-electron chi connectivity index (χ1n) is 7.25. The van der Waals surface area contributed by atoms with Crippen molar-refractivity contribution in [1.82, 2.24) is 9.97 Å². The summed E-state index contributed by atoms with van der Waals surface area (Å²) in [6, 6.07) is 20.8. The fourth-order valence-electron chi connectivity index (χ4n) is 2.15. The highest BCUT2D eigenvalue weighted by Gasteiger charge is 2.03. The predicted octanol–water partition coefficient (Wildman–Crippen LogP) is 3.27. The molecular formula is C18H16N4O. The molecule has 0 spiro atoms. The molecule has 0 fully saturated rings. The van der Waals surface area contributed by atoms with E-state index >= 15 is 0 Å². The maximum atomic E-state index is 11.8. The summed E-state index contributed by atoms with van der Waals surface area (Å²) in [6.07, 6.45) is 0. The summed E-state index contributed by atoms with van der Waals surface area (Å²) in [5.41, 5.74) is 5.87. The second kappa shape index (κ2) is 6.70. The molecule has 0 saturated carbocycles. The van der Waals surface area contributed by atoms with Crippen LogP contribution in [0.2, 0.25) is 0 Å². The first-order chi connectivity index (χ1) is 11.2. The van der Waals surface area contributed by atoms with Crippen molar-refractivity contribution in [1.29, 1.82) is 0 Å². The van der Waals surface area contributed by atoms with Crippen LogP contribution in [-0.4, -0.2) is 15.7 Å². The molecule has 3 aromatic rings. The molecule has 0 aliphatic rings. The van der Waals surface area contributed by atoms with Crippen LogP contribution in [0.15, 0.2) is 76.6 Å². The summed E-state index contributed by atoms with van der Waals surface area (Å²) < 4.78 is 0. The van der Waals surface area contributed by atoms with Gasteiger partial charge in [0, 0.05) is 11.6 Å². The molecule has 0 saturated heterocycles. The first kappa shape index (κ1) is 14.7. The lowest BCUT2D eigenvalue weighted by molar-refractivity contribution is 1.08. The van der Waals surface area contributed by atoms with E-state index in [0.717, 1.165) is 16.8 Å². The summed E-state index contributed by atoms with van der Waals surface area (Å²) in [5.74, 6) is 0.312. The molecule has 1 heterocycles. The van der Waals surface area contributed by atoms with Crippen molar-refractivity contribution >= 4 is 11.7 Å². The SMILES string of the molecule is CC(=NNc1nc(-c2ccccc2)cc(=O)[nH]1)c1ccccc1. The normalized spacial score (nSPS) is 11.3. The lowest BCUT2D eigenvalue weighted by Gasteiger charge is -2.05. The Kier molecular flexibility index (Phi) is 4.29. The third kappa shape index (κ3) is 3.71. The van der Waals surface area contributed by atoms with Crippen molar-refractivity contribution in [2.24, 2.45) is 5.10 Å². The number of nitrogens with one attached hydrogen (secondary N) is 2. The lowest BCUT2D eigenvalue weighted by Crippen LogP contribution is -2.11. The summed E-state index contributed by atoms with van der Waals surface area (Å²) in [5, 5.41) is 4.27. The summed E-state index contributed by atoms with van der Waals surface area (Å²) in [6.45, 7) is 1.89. The Bertz CT molecular complexity index is 870. The molecule has 3 rings (SSSR count). The molecule has 2 N–H and O–H groups in total. The van der Waals surface area contributed by atoms with E-state index in [9.17, 15) is 4.79 Å². The number of hydrogen-bond donors (Lipinski definition) is 2. The van der Waals surface area contributed by atoms with Crippen molar-refractivity contribution in [3.05, 3.63) is 82.6 Å². The number of rotatable bonds is 4. The number of nitrogens with zero attached hydrogens (tertiary/aromatic N) is 2. The smallest absolute Gasteiger partial charge is 0.252 e. The summed E-state index contributed by atoms with van der Waals surface area (Å²) in [7, 11) is 0. The van der Waals surface area contributed by atoms with Gasteiger partial charge in [0.1, 0.15) is 0 Å². The monoisotopic (exact) mass is 304 g/mol. The zero-order chi connectivity index (χ0) is 16.1. The van der Waals surface area contributed by atoms with Crippen LogP contribution in [0.1, 0.15) is 12.5 Å². The standard InChI is InChI=1S/C18H16N4O/c1-13(14-8-4-2-5-9-14)21-22-18-19-16(12-17(23)20-18)15-10-6-3-7-11-15/h2-12H,1H3,(H2,19,20,22,23). The largest absolute Gasteiger partial charge is 0.291 e. The Morgan fingerprint density at radius 1 is 1.04 bits per heavy atom. The van der Waals surface area contributed by atoms with Crippen molar-refractivity contribution in [3.63, 3.8) is 0 Å². The van der Waals surface area contributed by atoms with E-state index in [1.54, 1.807) is 0 Å². The van der Waals surface area contributed by atoms with Gasteiger partial charge < -0.3 is 0 Å². The van der Waals surface area contributed by atoms with E-state index in [0.29, 0.717) is 11.6 Å². The third-order valence-corrected chi connectivity index (χ3v) is 3.33. The minimum absolute atomic E-state index is 0.228. The summed E-state index contributed by atoms with van der Waals surface area (Å²) in [4.78, 5) is 18.9. The molecular weight excluding hydrogens is 288 g/mol. The molecule has 23 heavy (non-hydrogen) atoms. The Morgan fingerprint density at radius 2 is 1.70 bits per heavy atom. The maximum absolute atomic E-state index is 11.8. The van der Waals surface area contributed by atoms with E-state index in [2.05, 4.69) is 20.5 Å². The molecule has 0 radical (unpaired) electrons.